The quantitative estimate of drug-likeness (QED) is 0.371. The van der Waals surface area contributed by atoms with Gasteiger partial charge in [-0.2, -0.15) is 13.2 Å². The minimum absolute atomic E-state index is 0.101. The molecule has 0 fully saturated rings. The van der Waals surface area contributed by atoms with Gasteiger partial charge in [-0.3, -0.25) is 0 Å². The monoisotopic (exact) mass is 434 g/mol. The van der Waals surface area contributed by atoms with Gasteiger partial charge in [-0.15, -0.1) is 11.3 Å². The molecule has 2 aromatic carbocycles. The fourth-order valence-electron chi connectivity index (χ4n) is 3.05. The highest BCUT2D eigenvalue weighted by Gasteiger charge is 2.34. The van der Waals surface area contributed by atoms with Crippen molar-refractivity contribution < 1.29 is 27.4 Å². The molecule has 0 aliphatic rings. The van der Waals surface area contributed by atoms with Crippen LogP contribution in [-0.4, -0.2) is 12.6 Å². The second-order valence-corrected chi connectivity index (χ2v) is 7.62. The van der Waals surface area contributed by atoms with E-state index in [0.29, 0.717) is 16.9 Å². The van der Waals surface area contributed by atoms with E-state index in [1.54, 1.807) is 55.5 Å². The molecule has 3 aromatic rings. The van der Waals surface area contributed by atoms with Crippen molar-refractivity contribution in [2.75, 3.05) is 6.61 Å². The maximum Gasteiger partial charge on any atom is 0.417 e. The van der Waals surface area contributed by atoms with Gasteiger partial charge in [-0.1, -0.05) is 43.3 Å². The van der Waals surface area contributed by atoms with Crippen molar-refractivity contribution in [3.8, 4) is 16.9 Å². The summed E-state index contributed by atoms with van der Waals surface area (Å²) in [6, 6.07) is 15.8. The highest BCUT2D eigenvalue weighted by molar-refractivity contribution is 7.14. The van der Waals surface area contributed by atoms with Crippen LogP contribution in [0.5, 0.6) is 5.75 Å². The van der Waals surface area contributed by atoms with E-state index in [0.717, 1.165) is 10.9 Å². The molecule has 0 bridgehead atoms. The molecule has 0 saturated heterocycles. The van der Waals surface area contributed by atoms with Crippen LogP contribution in [-0.2, 0) is 10.9 Å². The number of ether oxygens (including phenoxy) is 2. The van der Waals surface area contributed by atoms with Gasteiger partial charge in [0, 0.05) is 4.88 Å². The number of thiophene rings is 1. The van der Waals surface area contributed by atoms with Gasteiger partial charge < -0.3 is 9.47 Å². The normalized spacial score (nSPS) is 12.4. The molecule has 0 N–H and O–H groups in total. The van der Waals surface area contributed by atoms with Crippen molar-refractivity contribution in [3.05, 3.63) is 76.0 Å². The first-order chi connectivity index (χ1) is 14.3. The van der Waals surface area contributed by atoms with E-state index in [9.17, 15) is 18.0 Å². The van der Waals surface area contributed by atoms with Crippen LogP contribution in [0.2, 0.25) is 0 Å². The predicted octanol–water partition coefficient (Wildman–Crippen LogP) is 7.14. The highest BCUT2D eigenvalue weighted by Crippen LogP contribution is 2.40. The Morgan fingerprint density at radius 3 is 2.40 bits per heavy atom. The molecule has 0 radical (unpaired) electrons. The molecule has 0 aliphatic carbocycles. The van der Waals surface area contributed by atoms with Crippen LogP contribution in [0.1, 0.15) is 46.5 Å². The summed E-state index contributed by atoms with van der Waals surface area (Å²) < 4.78 is 52.0. The maximum atomic E-state index is 13.7. The molecule has 1 atom stereocenters. The predicted molar refractivity (Wildman–Crippen MR) is 111 cm³/mol. The summed E-state index contributed by atoms with van der Waals surface area (Å²) >= 11 is 1.22. The number of benzene rings is 2. The van der Waals surface area contributed by atoms with Crippen molar-refractivity contribution in [1.82, 2.24) is 0 Å². The summed E-state index contributed by atoms with van der Waals surface area (Å²) in [4.78, 5) is 13.1. The Balaban J connectivity index is 1.89. The van der Waals surface area contributed by atoms with E-state index in [4.69, 9.17) is 9.47 Å². The minimum atomic E-state index is -4.52. The Labute approximate surface area is 177 Å². The van der Waals surface area contributed by atoms with Crippen molar-refractivity contribution in [1.29, 1.82) is 0 Å². The van der Waals surface area contributed by atoms with Crippen molar-refractivity contribution in [2.45, 2.75) is 32.5 Å². The van der Waals surface area contributed by atoms with Crippen molar-refractivity contribution in [3.63, 3.8) is 0 Å². The first-order valence-corrected chi connectivity index (χ1v) is 10.3. The van der Waals surface area contributed by atoms with E-state index in [1.165, 1.54) is 17.4 Å². The van der Waals surface area contributed by atoms with Crippen LogP contribution >= 0.6 is 11.3 Å². The largest absolute Gasteiger partial charge is 0.485 e. The molecule has 0 amide bonds. The zero-order chi connectivity index (χ0) is 21.7. The summed E-state index contributed by atoms with van der Waals surface area (Å²) in [5, 5.41) is 0. The van der Waals surface area contributed by atoms with E-state index < -0.39 is 23.8 Å². The Hall–Kier alpha value is -2.80. The van der Waals surface area contributed by atoms with E-state index in [2.05, 4.69) is 0 Å². The first-order valence-electron chi connectivity index (χ1n) is 9.53. The Morgan fingerprint density at radius 2 is 1.77 bits per heavy atom. The number of halogens is 3. The summed E-state index contributed by atoms with van der Waals surface area (Å²) in [6.45, 7) is 3.87. The van der Waals surface area contributed by atoms with E-state index in [-0.39, 0.29) is 17.9 Å². The fraction of sp³-hybridized carbons (Fsp3) is 0.261. The van der Waals surface area contributed by atoms with Crippen LogP contribution in [0.3, 0.4) is 0 Å². The van der Waals surface area contributed by atoms with Gasteiger partial charge in [0.1, 0.15) is 16.7 Å². The van der Waals surface area contributed by atoms with Gasteiger partial charge in [-0.05, 0) is 48.7 Å². The lowest BCUT2D eigenvalue weighted by Crippen LogP contribution is -2.09. The number of carbonyl (C=O) groups is 1. The fourth-order valence-corrected chi connectivity index (χ4v) is 4.06. The number of rotatable bonds is 7. The van der Waals surface area contributed by atoms with Crippen LogP contribution in [0.25, 0.3) is 11.1 Å². The van der Waals surface area contributed by atoms with Crippen LogP contribution in [0, 0.1) is 0 Å². The number of carbonyl (C=O) groups excluding carboxylic acids is 1. The third-order valence-electron chi connectivity index (χ3n) is 4.45. The molecule has 1 unspecified atom stereocenters. The van der Waals surface area contributed by atoms with Gasteiger partial charge in [0.25, 0.3) is 0 Å². The molecule has 0 saturated carbocycles. The topological polar surface area (TPSA) is 35.5 Å². The third kappa shape index (κ3) is 5.02. The van der Waals surface area contributed by atoms with Gasteiger partial charge in [0.15, 0.2) is 0 Å². The second-order valence-electron chi connectivity index (χ2n) is 6.51. The van der Waals surface area contributed by atoms with Crippen LogP contribution in [0.15, 0.2) is 60.7 Å². The van der Waals surface area contributed by atoms with Gasteiger partial charge in [-0.25, -0.2) is 4.79 Å². The van der Waals surface area contributed by atoms with E-state index in [1.807, 2.05) is 6.92 Å². The molecule has 7 heteroatoms. The molecule has 1 aromatic heterocycles. The van der Waals surface area contributed by atoms with Crippen molar-refractivity contribution in [2.24, 2.45) is 0 Å². The SMILES string of the molecule is CCOC(=O)c1ccc(C(CC)Oc2ccc(-c3ccccc3)c(C(F)(F)F)c2)s1. The Morgan fingerprint density at radius 1 is 1.03 bits per heavy atom. The molecular formula is C23H21F3O3S. The zero-order valence-electron chi connectivity index (χ0n) is 16.5. The average Bonchev–Trinajstić information content (AvgIpc) is 3.22. The van der Waals surface area contributed by atoms with Crippen LogP contribution in [0.4, 0.5) is 13.2 Å². The zero-order valence-corrected chi connectivity index (χ0v) is 17.3. The summed E-state index contributed by atoms with van der Waals surface area (Å²) in [5.74, 6) is -0.296. The Kier molecular flexibility index (Phi) is 6.82. The Bertz CT molecular complexity index is 996. The molecule has 30 heavy (non-hydrogen) atoms. The maximum absolute atomic E-state index is 13.7. The highest BCUT2D eigenvalue weighted by atomic mass is 32.1. The minimum Gasteiger partial charge on any atom is -0.485 e. The third-order valence-corrected chi connectivity index (χ3v) is 5.61. The van der Waals surface area contributed by atoms with Crippen molar-refractivity contribution >= 4 is 17.3 Å². The van der Waals surface area contributed by atoms with E-state index >= 15 is 0 Å². The smallest absolute Gasteiger partial charge is 0.417 e. The van der Waals surface area contributed by atoms with Gasteiger partial charge in [0.2, 0.25) is 0 Å². The lowest BCUT2D eigenvalue weighted by Gasteiger charge is -2.19. The average molecular weight is 434 g/mol. The standard InChI is InChI=1S/C23H21F3O3S/c1-3-19(20-12-13-21(30-20)22(27)28-4-2)29-16-10-11-17(15-8-6-5-7-9-15)18(14-16)23(24,25)26/h5-14,19H,3-4H2,1-2H3. The van der Waals surface area contributed by atoms with Gasteiger partial charge in [0.05, 0.1) is 12.2 Å². The molecule has 0 spiro atoms. The lowest BCUT2D eigenvalue weighted by molar-refractivity contribution is -0.137. The molecule has 3 nitrogen and oxygen atoms in total. The molecular weight excluding hydrogens is 413 g/mol. The number of hydrogen-bond acceptors (Lipinski definition) is 4. The van der Waals surface area contributed by atoms with Gasteiger partial charge >= 0.3 is 12.1 Å². The first kappa shape index (κ1) is 21.9. The number of hydrogen-bond donors (Lipinski definition) is 0. The molecule has 1 heterocycles. The molecule has 3 rings (SSSR count). The summed E-state index contributed by atoms with van der Waals surface area (Å²) in [6.07, 6.45) is -4.46. The molecule has 158 valence electrons. The summed E-state index contributed by atoms with van der Waals surface area (Å²) in [7, 11) is 0. The number of alkyl halides is 3. The summed E-state index contributed by atoms with van der Waals surface area (Å²) in [5.41, 5.74) is -0.163. The number of esters is 1. The molecule has 0 aliphatic heterocycles. The lowest BCUT2D eigenvalue weighted by atomic mass is 9.99. The van der Waals surface area contributed by atoms with Crippen LogP contribution < -0.4 is 4.74 Å². The second kappa shape index (κ2) is 9.34.